The highest BCUT2D eigenvalue weighted by atomic mass is 35.5. The Kier molecular flexibility index (Phi) is 4.93. The van der Waals surface area contributed by atoms with Crippen LogP contribution >= 0.6 is 22.9 Å². The molecule has 1 aliphatic rings. The molecular formula is C13H20ClNO2S2. The van der Waals surface area contributed by atoms with Crippen LogP contribution in [0.25, 0.3) is 0 Å². The van der Waals surface area contributed by atoms with Gasteiger partial charge >= 0.3 is 0 Å². The summed E-state index contributed by atoms with van der Waals surface area (Å²) in [4.78, 5) is 1.21. The summed E-state index contributed by atoms with van der Waals surface area (Å²) < 4.78 is 27.4. The fraction of sp³-hybridized carbons (Fsp3) is 0.692. The molecule has 0 bridgehead atoms. The molecule has 1 aliphatic heterocycles. The van der Waals surface area contributed by atoms with Gasteiger partial charge in [-0.15, -0.1) is 22.9 Å². The zero-order valence-corrected chi connectivity index (χ0v) is 13.7. The summed E-state index contributed by atoms with van der Waals surface area (Å²) in [5.41, 5.74) is 0.817. The number of alkyl halides is 1. The van der Waals surface area contributed by atoms with Crippen LogP contribution in [0.5, 0.6) is 0 Å². The van der Waals surface area contributed by atoms with Crippen LogP contribution in [0, 0.1) is 6.92 Å². The first-order valence-corrected chi connectivity index (χ1v) is 9.48. The average Bonchev–Trinajstić information content (AvgIpc) is 2.60. The lowest BCUT2D eigenvalue weighted by Crippen LogP contribution is -2.38. The Morgan fingerprint density at radius 1 is 1.42 bits per heavy atom. The van der Waals surface area contributed by atoms with E-state index in [1.54, 1.807) is 4.31 Å². The van der Waals surface area contributed by atoms with E-state index in [0.717, 1.165) is 36.1 Å². The molecule has 19 heavy (non-hydrogen) atoms. The molecule has 0 radical (unpaired) electrons. The number of nitrogens with zero attached hydrogens (tertiary/aromatic N) is 1. The summed E-state index contributed by atoms with van der Waals surface area (Å²) in [5, 5.41) is 1.88. The van der Waals surface area contributed by atoms with Crippen LogP contribution in [-0.2, 0) is 15.9 Å². The third-order valence-electron chi connectivity index (χ3n) is 3.67. The molecule has 0 spiro atoms. The maximum atomic E-state index is 12.9. The van der Waals surface area contributed by atoms with Gasteiger partial charge in [0, 0.05) is 17.5 Å². The van der Waals surface area contributed by atoms with Crippen LogP contribution in [0.15, 0.2) is 10.3 Å². The predicted octanol–water partition coefficient (Wildman–Crippen LogP) is 3.75. The normalized spacial score (nSPS) is 22.4. The second kappa shape index (κ2) is 6.12. The van der Waals surface area contributed by atoms with Gasteiger partial charge < -0.3 is 0 Å². The molecular weight excluding hydrogens is 302 g/mol. The molecule has 2 heterocycles. The van der Waals surface area contributed by atoms with Crippen LogP contribution in [0.1, 0.15) is 43.0 Å². The van der Waals surface area contributed by atoms with Crippen LogP contribution < -0.4 is 0 Å². The Bertz CT molecular complexity index is 539. The van der Waals surface area contributed by atoms with Gasteiger partial charge in [0.2, 0.25) is 10.0 Å². The smallest absolute Gasteiger partial charge is 0.207 e. The summed E-state index contributed by atoms with van der Waals surface area (Å²) in [5.74, 6) is 0.259. The van der Waals surface area contributed by atoms with Crippen molar-refractivity contribution in [2.45, 2.75) is 56.3 Å². The summed E-state index contributed by atoms with van der Waals surface area (Å²) in [7, 11) is -3.41. The fourth-order valence-electron chi connectivity index (χ4n) is 2.65. The van der Waals surface area contributed by atoms with E-state index in [9.17, 15) is 8.42 Å². The fourth-order valence-corrected chi connectivity index (χ4v) is 6.36. The first-order chi connectivity index (χ1) is 8.98. The topological polar surface area (TPSA) is 37.4 Å². The monoisotopic (exact) mass is 321 g/mol. The van der Waals surface area contributed by atoms with Crippen LogP contribution in [0.4, 0.5) is 0 Å². The minimum atomic E-state index is -3.41. The zero-order chi connectivity index (χ0) is 14.0. The molecule has 1 fully saturated rings. The molecule has 0 amide bonds. The van der Waals surface area contributed by atoms with Gasteiger partial charge in [-0.3, -0.25) is 0 Å². The van der Waals surface area contributed by atoms with Crippen molar-refractivity contribution in [2.75, 3.05) is 6.54 Å². The Morgan fingerprint density at radius 2 is 2.16 bits per heavy atom. The summed E-state index contributed by atoms with van der Waals surface area (Å²) in [6, 6.07) is 0.0787. The lowest BCUT2D eigenvalue weighted by molar-refractivity contribution is 0.342. The van der Waals surface area contributed by atoms with Crippen molar-refractivity contribution in [3.63, 3.8) is 0 Å². The summed E-state index contributed by atoms with van der Waals surface area (Å²) in [6.45, 7) is 4.48. The molecule has 3 nitrogen and oxygen atoms in total. The highest BCUT2D eigenvalue weighted by Gasteiger charge is 2.33. The molecule has 1 aromatic heterocycles. The number of rotatable bonds is 3. The lowest BCUT2D eigenvalue weighted by atomic mass is 10.1. The van der Waals surface area contributed by atoms with E-state index in [1.165, 1.54) is 11.3 Å². The van der Waals surface area contributed by atoms with Gasteiger partial charge in [-0.05, 0) is 37.6 Å². The minimum Gasteiger partial charge on any atom is -0.207 e. The molecule has 0 aliphatic carbocycles. The predicted molar refractivity (Wildman–Crippen MR) is 80.4 cm³/mol. The van der Waals surface area contributed by atoms with Gasteiger partial charge in [0.1, 0.15) is 4.90 Å². The number of sulfonamides is 1. The first kappa shape index (κ1) is 15.3. The molecule has 1 aromatic rings. The lowest BCUT2D eigenvalue weighted by Gasteiger charge is -2.26. The standard InChI is InChI=1S/C13H20ClNO2S2/c1-10-9-18-12(8-14)13(10)19(16,17)15-7-5-3-4-6-11(15)2/h9,11H,3-8H2,1-2H3. The maximum Gasteiger partial charge on any atom is 0.244 e. The van der Waals surface area contributed by atoms with Gasteiger partial charge in [0.25, 0.3) is 0 Å². The van der Waals surface area contributed by atoms with Gasteiger partial charge in [0.15, 0.2) is 0 Å². The van der Waals surface area contributed by atoms with Crippen LogP contribution in [-0.4, -0.2) is 25.3 Å². The Morgan fingerprint density at radius 3 is 2.84 bits per heavy atom. The molecule has 2 rings (SSSR count). The second-order valence-corrected chi connectivity index (χ2v) is 8.18. The van der Waals surface area contributed by atoms with Crippen molar-refractivity contribution >= 4 is 33.0 Å². The van der Waals surface area contributed by atoms with E-state index in [1.807, 2.05) is 19.2 Å². The summed E-state index contributed by atoms with van der Waals surface area (Å²) >= 11 is 7.32. The van der Waals surface area contributed by atoms with Gasteiger partial charge in [-0.25, -0.2) is 8.42 Å². The van der Waals surface area contributed by atoms with E-state index in [0.29, 0.717) is 11.4 Å². The number of halogens is 1. The molecule has 1 saturated heterocycles. The van der Waals surface area contributed by atoms with Crippen molar-refractivity contribution in [2.24, 2.45) is 0 Å². The average molecular weight is 322 g/mol. The van der Waals surface area contributed by atoms with Crippen LogP contribution in [0.2, 0.25) is 0 Å². The molecule has 1 unspecified atom stereocenters. The first-order valence-electron chi connectivity index (χ1n) is 6.63. The van der Waals surface area contributed by atoms with E-state index in [-0.39, 0.29) is 11.9 Å². The largest absolute Gasteiger partial charge is 0.244 e. The van der Waals surface area contributed by atoms with Crippen molar-refractivity contribution < 1.29 is 8.42 Å². The molecule has 0 saturated carbocycles. The van der Waals surface area contributed by atoms with Crippen LogP contribution in [0.3, 0.4) is 0 Å². The van der Waals surface area contributed by atoms with Crippen molar-refractivity contribution in [3.8, 4) is 0 Å². The summed E-state index contributed by atoms with van der Waals surface area (Å²) in [6.07, 6.45) is 4.11. The van der Waals surface area contributed by atoms with Crippen molar-refractivity contribution in [1.29, 1.82) is 0 Å². The highest BCUT2D eigenvalue weighted by Crippen LogP contribution is 2.33. The zero-order valence-electron chi connectivity index (χ0n) is 11.4. The Labute approximate surface area is 124 Å². The second-order valence-electron chi connectivity index (χ2n) is 5.12. The maximum absolute atomic E-state index is 12.9. The van der Waals surface area contributed by atoms with E-state index >= 15 is 0 Å². The molecule has 108 valence electrons. The quantitative estimate of drug-likeness (QED) is 0.795. The van der Waals surface area contributed by atoms with Crippen molar-refractivity contribution in [3.05, 3.63) is 15.8 Å². The van der Waals surface area contributed by atoms with Gasteiger partial charge in [0.05, 0.1) is 5.88 Å². The Balaban J connectivity index is 2.43. The highest BCUT2D eigenvalue weighted by molar-refractivity contribution is 7.89. The molecule has 6 heteroatoms. The minimum absolute atomic E-state index is 0.0787. The van der Waals surface area contributed by atoms with Gasteiger partial charge in [-0.1, -0.05) is 12.8 Å². The SMILES string of the molecule is Cc1csc(CCl)c1S(=O)(=O)N1CCCCCC1C. The Hall–Kier alpha value is -0.100. The number of hydrogen-bond acceptors (Lipinski definition) is 3. The van der Waals surface area contributed by atoms with Crippen molar-refractivity contribution in [1.82, 2.24) is 4.31 Å². The third-order valence-corrected chi connectivity index (χ3v) is 7.57. The third kappa shape index (κ3) is 2.99. The molecule has 1 atom stereocenters. The number of aryl methyl sites for hydroxylation is 1. The molecule has 0 N–H and O–H groups in total. The molecule has 0 aromatic carbocycles. The number of thiophene rings is 1. The van der Waals surface area contributed by atoms with E-state index in [4.69, 9.17) is 11.6 Å². The number of hydrogen-bond donors (Lipinski definition) is 0. The van der Waals surface area contributed by atoms with E-state index < -0.39 is 10.0 Å². The van der Waals surface area contributed by atoms with Gasteiger partial charge in [-0.2, -0.15) is 4.31 Å². The van der Waals surface area contributed by atoms with E-state index in [2.05, 4.69) is 0 Å².